The van der Waals surface area contributed by atoms with Crippen molar-refractivity contribution in [2.75, 3.05) is 0 Å². The highest BCUT2D eigenvalue weighted by atomic mass is 19.4. The van der Waals surface area contributed by atoms with Gasteiger partial charge >= 0.3 is 6.18 Å². The Morgan fingerprint density at radius 3 is 2.67 bits per heavy atom. The molecule has 0 bridgehead atoms. The first-order chi connectivity index (χ1) is 8.49. The first kappa shape index (κ1) is 12.6. The molecule has 0 unspecified atom stereocenters. The molecular weight excluding hydrogens is 245 g/mol. The molecule has 0 saturated carbocycles. The zero-order chi connectivity index (χ0) is 13.2. The maximum absolute atomic E-state index is 12.5. The van der Waals surface area contributed by atoms with Crippen LogP contribution in [-0.2, 0) is 19.3 Å². The van der Waals surface area contributed by atoms with Crippen molar-refractivity contribution in [3.63, 3.8) is 0 Å². The summed E-state index contributed by atoms with van der Waals surface area (Å²) >= 11 is 0. The summed E-state index contributed by atoms with van der Waals surface area (Å²) in [6, 6.07) is 3.80. The summed E-state index contributed by atoms with van der Waals surface area (Å²) in [6.45, 7) is 0.528. The largest absolute Gasteiger partial charge is 0.433 e. The van der Waals surface area contributed by atoms with Gasteiger partial charge in [0, 0.05) is 18.3 Å². The maximum atomic E-state index is 12.5. The minimum Gasteiger partial charge on any atom is -0.326 e. The molecule has 0 amide bonds. The number of hydrogen-bond donors (Lipinski definition) is 1. The third-order valence-electron chi connectivity index (χ3n) is 2.34. The fourth-order valence-electron chi connectivity index (χ4n) is 1.49. The molecule has 7 heteroatoms. The highest BCUT2D eigenvalue weighted by molar-refractivity contribution is 5.14. The normalized spacial score (nSPS) is 11.8. The third kappa shape index (κ3) is 2.86. The monoisotopic (exact) mass is 256 g/mol. The summed E-state index contributed by atoms with van der Waals surface area (Å²) in [6.07, 6.45) is -1.17. The van der Waals surface area contributed by atoms with Gasteiger partial charge in [-0.15, -0.1) is 0 Å². The molecule has 18 heavy (non-hydrogen) atoms. The maximum Gasteiger partial charge on any atom is 0.433 e. The molecule has 0 aliphatic heterocycles. The van der Waals surface area contributed by atoms with Crippen LogP contribution in [0.4, 0.5) is 13.2 Å². The molecule has 0 fully saturated rings. The zero-order valence-electron chi connectivity index (χ0n) is 9.35. The minimum absolute atomic E-state index is 0.184. The van der Waals surface area contributed by atoms with Crippen LogP contribution < -0.4 is 5.73 Å². The SMILES string of the molecule is NCc1cnn(Cc2cccc(C(F)(F)F)n2)c1. The molecule has 0 saturated heterocycles. The molecule has 2 rings (SSSR count). The first-order valence-corrected chi connectivity index (χ1v) is 5.23. The van der Waals surface area contributed by atoms with E-state index < -0.39 is 11.9 Å². The number of rotatable bonds is 3. The quantitative estimate of drug-likeness (QED) is 0.911. The molecule has 0 radical (unpaired) electrons. The summed E-state index contributed by atoms with van der Waals surface area (Å²) in [5.41, 5.74) is 5.65. The molecule has 0 aliphatic carbocycles. The van der Waals surface area contributed by atoms with Crippen molar-refractivity contribution in [3.8, 4) is 0 Å². The van der Waals surface area contributed by atoms with Crippen LogP contribution in [0.1, 0.15) is 17.0 Å². The average molecular weight is 256 g/mol. The molecule has 2 heterocycles. The van der Waals surface area contributed by atoms with Gasteiger partial charge in [0.2, 0.25) is 0 Å². The number of halogens is 3. The second-order valence-corrected chi connectivity index (χ2v) is 3.76. The van der Waals surface area contributed by atoms with Crippen molar-refractivity contribution in [1.82, 2.24) is 14.8 Å². The van der Waals surface area contributed by atoms with Crippen LogP contribution >= 0.6 is 0 Å². The Labute approximate surface area is 101 Å². The van der Waals surface area contributed by atoms with Gasteiger partial charge in [0.1, 0.15) is 5.69 Å². The van der Waals surface area contributed by atoms with Crippen LogP contribution in [0.15, 0.2) is 30.6 Å². The smallest absolute Gasteiger partial charge is 0.326 e. The summed E-state index contributed by atoms with van der Waals surface area (Å²) in [5.74, 6) is 0. The van der Waals surface area contributed by atoms with Crippen LogP contribution in [0.3, 0.4) is 0 Å². The van der Waals surface area contributed by atoms with Gasteiger partial charge in [0.05, 0.1) is 18.4 Å². The second-order valence-electron chi connectivity index (χ2n) is 3.76. The molecule has 0 atom stereocenters. The lowest BCUT2D eigenvalue weighted by molar-refractivity contribution is -0.141. The van der Waals surface area contributed by atoms with Crippen molar-refractivity contribution in [2.24, 2.45) is 5.73 Å². The van der Waals surface area contributed by atoms with Gasteiger partial charge in [0.15, 0.2) is 0 Å². The summed E-state index contributed by atoms with van der Waals surface area (Å²) in [7, 11) is 0. The fraction of sp³-hybridized carbons (Fsp3) is 0.273. The van der Waals surface area contributed by atoms with Gasteiger partial charge in [-0.3, -0.25) is 4.68 Å². The van der Waals surface area contributed by atoms with Crippen LogP contribution in [0.5, 0.6) is 0 Å². The zero-order valence-corrected chi connectivity index (χ0v) is 9.35. The average Bonchev–Trinajstić information content (AvgIpc) is 2.76. The topological polar surface area (TPSA) is 56.7 Å². The minimum atomic E-state index is -4.43. The molecule has 2 aromatic rings. The lowest BCUT2D eigenvalue weighted by atomic mass is 10.3. The van der Waals surface area contributed by atoms with E-state index in [2.05, 4.69) is 10.1 Å². The van der Waals surface area contributed by atoms with Crippen LogP contribution in [0.2, 0.25) is 0 Å². The standard InChI is InChI=1S/C11H11F3N4/c12-11(13,14)10-3-1-2-9(17-10)7-18-6-8(4-15)5-16-18/h1-3,5-6H,4,7,15H2. The van der Waals surface area contributed by atoms with Crippen molar-refractivity contribution < 1.29 is 13.2 Å². The Balaban J connectivity index is 2.19. The third-order valence-corrected chi connectivity index (χ3v) is 2.34. The molecule has 0 aliphatic rings. The predicted molar refractivity (Wildman–Crippen MR) is 58.5 cm³/mol. The van der Waals surface area contributed by atoms with E-state index in [9.17, 15) is 13.2 Å². The van der Waals surface area contributed by atoms with E-state index >= 15 is 0 Å². The van der Waals surface area contributed by atoms with Crippen LogP contribution in [-0.4, -0.2) is 14.8 Å². The first-order valence-electron chi connectivity index (χ1n) is 5.23. The van der Waals surface area contributed by atoms with E-state index in [1.54, 1.807) is 12.4 Å². The van der Waals surface area contributed by atoms with Gasteiger partial charge in [-0.2, -0.15) is 18.3 Å². The highest BCUT2D eigenvalue weighted by Gasteiger charge is 2.32. The molecule has 4 nitrogen and oxygen atoms in total. The van der Waals surface area contributed by atoms with Crippen LogP contribution in [0.25, 0.3) is 0 Å². The molecule has 0 aromatic carbocycles. The lowest BCUT2D eigenvalue weighted by Crippen LogP contribution is -2.11. The van der Waals surface area contributed by atoms with Crippen molar-refractivity contribution >= 4 is 0 Å². The van der Waals surface area contributed by atoms with Crippen molar-refractivity contribution in [3.05, 3.63) is 47.5 Å². The summed E-state index contributed by atoms with van der Waals surface area (Å²) in [5, 5.41) is 3.99. The Kier molecular flexibility index (Phi) is 3.33. The Bertz CT molecular complexity index is 533. The molecule has 2 aromatic heterocycles. The molecule has 96 valence electrons. The fourth-order valence-corrected chi connectivity index (χ4v) is 1.49. The van der Waals surface area contributed by atoms with Gasteiger partial charge in [-0.1, -0.05) is 6.07 Å². The second kappa shape index (κ2) is 4.77. The van der Waals surface area contributed by atoms with Crippen LogP contribution in [0, 0.1) is 0 Å². The van der Waals surface area contributed by atoms with Crippen molar-refractivity contribution in [1.29, 1.82) is 0 Å². The summed E-state index contributed by atoms with van der Waals surface area (Å²) < 4.78 is 38.9. The van der Waals surface area contributed by atoms with Gasteiger partial charge in [0.25, 0.3) is 0 Å². The Morgan fingerprint density at radius 2 is 2.06 bits per heavy atom. The van der Waals surface area contributed by atoms with E-state index in [1.807, 2.05) is 0 Å². The van der Waals surface area contributed by atoms with Gasteiger partial charge in [-0.05, 0) is 12.1 Å². The number of alkyl halides is 3. The Morgan fingerprint density at radius 1 is 1.28 bits per heavy atom. The lowest BCUT2D eigenvalue weighted by Gasteiger charge is -2.07. The molecular formula is C11H11F3N4. The van der Waals surface area contributed by atoms with E-state index in [0.717, 1.165) is 11.6 Å². The predicted octanol–water partition coefficient (Wildman–Crippen LogP) is 1.80. The highest BCUT2D eigenvalue weighted by Crippen LogP contribution is 2.27. The number of nitrogens with two attached hydrogens (primary N) is 1. The molecule has 2 N–H and O–H groups in total. The number of nitrogens with zero attached hydrogens (tertiary/aromatic N) is 3. The number of aromatic nitrogens is 3. The summed E-state index contributed by atoms with van der Waals surface area (Å²) in [4.78, 5) is 3.56. The van der Waals surface area contributed by atoms with E-state index in [1.165, 1.54) is 16.8 Å². The molecule has 0 spiro atoms. The Hall–Kier alpha value is -1.89. The van der Waals surface area contributed by atoms with E-state index in [0.29, 0.717) is 12.2 Å². The number of pyridine rings is 1. The van der Waals surface area contributed by atoms with E-state index in [4.69, 9.17) is 5.73 Å². The van der Waals surface area contributed by atoms with Gasteiger partial charge in [-0.25, -0.2) is 4.98 Å². The number of hydrogen-bond acceptors (Lipinski definition) is 3. The van der Waals surface area contributed by atoms with E-state index in [-0.39, 0.29) is 6.54 Å². The van der Waals surface area contributed by atoms with Gasteiger partial charge < -0.3 is 5.73 Å². The van der Waals surface area contributed by atoms with Crippen molar-refractivity contribution in [2.45, 2.75) is 19.3 Å².